The standard InChI is InChI=1S/C21H23ClN2O4/c1-14-4-6-16(7-5-14)23-19(25)13-24(2)20(26)12-15-10-17(22)21-18(11-15)27-8-3-9-28-21/h4-7,10-11H,3,8-9,12-13H2,1-2H3,(H,23,25). The number of aryl methyl sites for hydroxylation is 1. The quantitative estimate of drug-likeness (QED) is 0.831. The van der Waals surface area contributed by atoms with E-state index in [4.69, 9.17) is 21.1 Å². The maximum Gasteiger partial charge on any atom is 0.243 e. The van der Waals surface area contributed by atoms with Crippen molar-refractivity contribution < 1.29 is 19.1 Å². The topological polar surface area (TPSA) is 67.9 Å². The van der Waals surface area contributed by atoms with Crippen molar-refractivity contribution in [3.63, 3.8) is 0 Å². The van der Waals surface area contributed by atoms with Crippen LogP contribution >= 0.6 is 11.6 Å². The molecule has 1 heterocycles. The maximum absolute atomic E-state index is 12.5. The molecule has 0 bridgehead atoms. The van der Waals surface area contributed by atoms with Gasteiger partial charge in [0.25, 0.3) is 0 Å². The molecule has 0 saturated heterocycles. The molecule has 0 unspecified atom stereocenters. The molecule has 1 aliphatic rings. The molecule has 0 spiro atoms. The smallest absolute Gasteiger partial charge is 0.243 e. The molecule has 28 heavy (non-hydrogen) atoms. The molecule has 7 heteroatoms. The number of hydrogen-bond donors (Lipinski definition) is 1. The fourth-order valence-corrected chi connectivity index (χ4v) is 3.12. The van der Waals surface area contributed by atoms with Crippen LogP contribution in [0, 0.1) is 6.92 Å². The first-order valence-corrected chi connectivity index (χ1v) is 9.48. The average Bonchev–Trinajstić information content (AvgIpc) is 2.89. The highest BCUT2D eigenvalue weighted by Gasteiger charge is 2.19. The summed E-state index contributed by atoms with van der Waals surface area (Å²) < 4.78 is 11.3. The number of carbonyl (C=O) groups is 2. The second-order valence-corrected chi connectivity index (χ2v) is 7.20. The summed E-state index contributed by atoms with van der Waals surface area (Å²) in [4.78, 5) is 26.1. The molecule has 148 valence electrons. The van der Waals surface area contributed by atoms with Gasteiger partial charge in [0.05, 0.1) is 31.2 Å². The summed E-state index contributed by atoms with van der Waals surface area (Å²) in [5.74, 6) is 0.620. The Kier molecular flexibility index (Phi) is 6.41. The Bertz CT molecular complexity index is 867. The van der Waals surface area contributed by atoms with Gasteiger partial charge in [-0.2, -0.15) is 0 Å². The summed E-state index contributed by atoms with van der Waals surface area (Å²) >= 11 is 6.27. The van der Waals surface area contributed by atoms with Gasteiger partial charge in [0.15, 0.2) is 11.5 Å². The third-order valence-electron chi connectivity index (χ3n) is 4.36. The van der Waals surface area contributed by atoms with Crippen molar-refractivity contribution >= 4 is 29.1 Å². The highest BCUT2D eigenvalue weighted by molar-refractivity contribution is 6.32. The first-order valence-electron chi connectivity index (χ1n) is 9.11. The molecule has 0 atom stereocenters. The minimum Gasteiger partial charge on any atom is -0.489 e. The summed E-state index contributed by atoms with van der Waals surface area (Å²) in [6.45, 7) is 3.03. The number of anilines is 1. The van der Waals surface area contributed by atoms with Gasteiger partial charge in [-0.05, 0) is 36.8 Å². The van der Waals surface area contributed by atoms with Gasteiger partial charge in [-0.3, -0.25) is 9.59 Å². The van der Waals surface area contributed by atoms with Gasteiger partial charge in [-0.15, -0.1) is 0 Å². The van der Waals surface area contributed by atoms with Crippen LogP contribution in [0.25, 0.3) is 0 Å². The number of amides is 2. The van der Waals surface area contributed by atoms with Crippen LogP contribution in [0.4, 0.5) is 5.69 Å². The Labute approximate surface area is 169 Å². The molecule has 2 aromatic carbocycles. The van der Waals surface area contributed by atoms with E-state index in [1.807, 2.05) is 31.2 Å². The Morgan fingerprint density at radius 2 is 1.86 bits per heavy atom. The van der Waals surface area contributed by atoms with E-state index in [0.717, 1.165) is 12.0 Å². The number of halogens is 1. The van der Waals surface area contributed by atoms with Crippen molar-refractivity contribution in [2.24, 2.45) is 0 Å². The third kappa shape index (κ3) is 5.16. The summed E-state index contributed by atoms with van der Waals surface area (Å²) in [5.41, 5.74) is 2.52. The van der Waals surface area contributed by atoms with Gasteiger partial charge in [-0.25, -0.2) is 0 Å². The van der Waals surface area contributed by atoms with Crippen LogP contribution in [0.15, 0.2) is 36.4 Å². The van der Waals surface area contributed by atoms with E-state index in [2.05, 4.69) is 5.32 Å². The lowest BCUT2D eigenvalue weighted by Gasteiger charge is -2.18. The van der Waals surface area contributed by atoms with Gasteiger partial charge < -0.3 is 19.7 Å². The van der Waals surface area contributed by atoms with Gasteiger partial charge in [0.2, 0.25) is 11.8 Å². The van der Waals surface area contributed by atoms with Crippen LogP contribution in [-0.2, 0) is 16.0 Å². The van der Waals surface area contributed by atoms with Crippen LogP contribution in [0.5, 0.6) is 11.5 Å². The zero-order valence-electron chi connectivity index (χ0n) is 16.0. The normalized spacial score (nSPS) is 12.8. The largest absolute Gasteiger partial charge is 0.489 e. The van der Waals surface area contributed by atoms with Crippen LogP contribution in [0.3, 0.4) is 0 Å². The van der Waals surface area contributed by atoms with E-state index in [9.17, 15) is 9.59 Å². The zero-order chi connectivity index (χ0) is 20.1. The summed E-state index contributed by atoms with van der Waals surface area (Å²) in [6, 6.07) is 11.0. The van der Waals surface area contributed by atoms with Crippen LogP contribution in [0.2, 0.25) is 5.02 Å². The molecule has 0 aliphatic carbocycles. The number of nitrogens with zero attached hydrogens (tertiary/aromatic N) is 1. The second-order valence-electron chi connectivity index (χ2n) is 6.80. The zero-order valence-corrected chi connectivity index (χ0v) is 16.7. The molecule has 2 aromatic rings. The SMILES string of the molecule is Cc1ccc(NC(=O)CN(C)C(=O)Cc2cc(Cl)c3c(c2)OCCCO3)cc1. The lowest BCUT2D eigenvalue weighted by molar-refractivity contribution is -0.132. The molecular weight excluding hydrogens is 380 g/mol. The van der Waals surface area contributed by atoms with E-state index in [1.54, 1.807) is 19.2 Å². The van der Waals surface area contributed by atoms with Crippen LogP contribution < -0.4 is 14.8 Å². The van der Waals surface area contributed by atoms with Crippen molar-refractivity contribution in [3.8, 4) is 11.5 Å². The predicted octanol–water partition coefficient (Wildman–Crippen LogP) is 3.45. The van der Waals surface area contributed by atoms with Crippen LogP contribution in [0.1, 0.15) is 17.5 Å². The van der Waals surface area contributed by atoms with Crippen LogP contribution in [-0.4, -0.2) is 43.5 Å². The molecule has 0 radical (unpaired) electrons. The van der Waals surface area contributed by atoms with Gasteiger partial charge in [0, 0.05) is 19.2 Å². The lowest BCUT2D eigenvalue weighted by Crippen LogP contribution is -2.35. The van der Waals surface area contributed by atoms with Gasteiger partial charge in [0.1, 0.15) is 0 Å². The summed E-state index contributed by atoms with van der Waals surface area (Å²) in [7, 11) is 1.60. The van der Waals surface area contributed by atoms with E-state index in [0.29, 0.717) is 41.0 Å². The third-order valence-corrected chi connectivity index (χ3v) is 4.64. The number of carbonyl (C=O) groups excluding carboxylic acids is 2. The minimum absolute atomic E-state index is 0.0367. The number of fused-ring (bicyclic) bond motifs is 1. The average molecular weight is 403 g/mol. The minimum atomic E-state index is -0.253. The molecule has 2 amide bonds. The number of nitrogens with one attached hydrogen (secondary N) is 1. The summed E-state index contributed by atoms with van der Waals surface area (Å²) in [6.07, 6.45) is 0.892. The Morgan fingerprint density at radius 3 is 2.61 bits per heavy atom. The van der Waals surface area contributed by atoms with Crippen molar-refractivity contribution in [1.82, 2.24) is 4.90 Å². The molecule has 1 N–H and O–H groups in total. The monoisotopic (exact) mass is 402 g/mol. The second kappa shape index (κ2) is 8.97. The molecule has 6 nitrogen and oxygen atoms in total. The number of ether oxygens (including phenoxy) is 2. The predicted molar refractivity (Wildman–Crippen MR) is 108 cm³/mol. The fraction of sp³-hybridized carbons (Fsp3) is 0.333. The Hall–Kier alpha value is -2.73. The first-order chi connectivity index (χ1) is 13.4. The van der Waals surface area contributed by atoms with E-state index < -0.39 is 0 Å². The highest BCUT2D eigenvalue weighted by atomic mass is 35.5. The maximum atomic E-state index is 12.5. The molecular formula is C21H23ClN2O4. The van der Waals surface area contributed by atoms with Crippen molar-refractivity contribution in [2.45, 2.75) is 19.8 Å². The molecule has 3 rings (SSSR count). The molecule has 0 fully saturated rings. The summed E-state index contributed by atoms with van der Waals surface area (Å²) in [5, 5.41) is 3.20. The fourth-order valence-electron chi connectivity index (χ4n) is 2.84. The Balaban J connectivity index is 1.59. The molecule has 0 saturated carbocycles. The molecule has 0 aromatic heterocycles. The number of likely N-dealkylation sites (N-methyl/N-ethyl adjacent to an activating group) is 1. The number of rotatable bonds is 5. The van der Waals surface area contributed by atoms with Crippen molar-refractivity contribution in [3.05, 3.63) is 52.5 Å². The molecule has 1 aliphatic heterocycles. The Morgan fingerprint density at radius 1 is 1.14 bits per heavy atom. The van der Waals surface area contributed by atoms with Gasteiger partial charge >= 0.3 is 0 Å². The number of benzene rings is 2. The first kappa shape index (κ1) is 20.0. The van der Waals surface area contributed by atoms with Gasteiger partial charge in [-0.1, -0.05) is 29.3 Å². The van der Waals surface area contributed by atoms with Crippen molar-refractivity contribution in [2.75, 3.05) is 32.1 Å². The van der Waals surface area contributed by atoms with Crippen molar-refractivity contribution in [1.29, 1.82) is 0 Å². The van der Waals surface area contributed by atoms with E-state index in [-0.39, 0.29) is 24.8 Å². The van der Waals surface area contributed by atoms with E-state index in [1.165, 1.54) is 4.90 Å². The number of hydrogen-bond acceptors (Lipinski definition) is 4. The highest BCUT2D eigenvalue weighted by Crippen LogP contribution is 2.38. The lowest BCUT2D eigenvalue weighted by atomic mass is 10.1. The van der Waals surface area contributed by atoms with E-state index >= 15 is 0 Å².